The highest BCUT2D eigenvalue weighted by atomic mass is 14.6. The van der Waals surface area contributed by atoms with Crippen molar-refractivity contribution in [2.24, 2.45) is 5.73 Å². The number of fused-ring (bicyclic) bond motifs is 1. The summed E-state index contributed by atoms with van der Waals surface area (Å²) >= 11 is 0. The maximum absolute atomic E-state index is 5.94. The predicted octanol–water partition coefficient (Wildman–Crippen LogP) is 3.25. The third-order valence-corrected chi connectivity index (χ3v) is 3.21. The molecule has 0 saturated heterocycles. The molecule has 0 fully saturated rings. The summed E-state index contributed by atoms with van der Waals surface area (Å²) in [5, 5.41) is 1.24. The predicted molar refractivity (Wildman–Crippen MR) is 73.0 cm³/mol. The second-order valence-corrected chi connectivity index (χ2v) is 5.44. The van der Waals surface area contributed by atoms with Gasteiger partial charge in [0.05, 0.1) is 5.52 Å². The summed E-state index contributed by atoms with van der Waals surface area (Å²) in [7, 11) is 0. The molecule has 2 rings (SSSR count). The number of hydrogen-bond acceptors (Lipinski definition) is 2. The number of nitrogens with two attached hydrogens (primary N) is 1. The average molecular weight is 228 g/mol. The van der Waals surface area contributed by atoms with Crippen molar-refractivity contribution in [2.75, 3.05) is 0 Å². The van der Waals surface area contributed by atoms with Crippen molar-refractivity contribution >= 4 is 10.9 Å². The number of hydrogen-bond donors (Lipinski definition) is 1. The van der Waals surface area contributed by atoms with Gasteiger partial charge in [0.25, 0.3) is 0 Å². The van der Waals surface area contributed by atoms with E-state index in [0.29, 0.717) is 0 Å². The first-order chi connectivity index (χ1) is 8.00. The van der Waals surface area contributed by atoms with Gasteiger partial charge in [0.15, 0.2) is 0 Å². The van der Waals surface area contributed by atoms with E-state index >= 15 is 0 Å². The monoisotopic (exact) mass is 228 g/mol. The van der Waals surface area contributed by atoms with Gasteiger partial charge in [-0.25, -0.2) is 0 Å². The van der Waals surface area contributed by atoms with Crippen LogP contribution in [0.5, 0.6) is 0 Å². The van der Waals surface area contributed by atoms with E-state index in [1.54, 1.807) is 0 Å². The van der Waals surface area contributed by atoms with Gasteiger partial charge in [-0.2, -0.15) is 0 Å². The Bertz CT molecular complexity index is 510. The van der Waals surface area contributed by atoms with Crippen LogP contribution in [0.3, 0.4) is 0 Å². The van der Waals surface area contributed by atoms with Gasteiger partial charge in [0.1, 0.15) is 0 Å². The fraction of sp³-hybridized carbons (Fsp3) is 0.400. The Morgan fingerprint density at radius 3 is 2.71 bits per heavy atom. The molecule has 1 atom stereocenters. The molecule has 90 valence electrons. The van der Waals surface area contributed by atoms with E-state index < -0.39 is 0 Å². The second kappa shape index (κ2) is 4.46. The zero-order valence-electron chi connectivity index (χ0n) is 10.8. The quantitative estimate of drug-likeness (QED) is 0.875. The van der Waals surface area contributed by atoms with Gasteiger partial charge in [-0.05, 0) is 36.5 Å². The summed E-state index contributed by atoms with van der Waals surface area (Å²) in [6.45, 7) is 6.56. The lowest BCUT2D eigenvalue weighted by Gasteiger charge is -2.28. The van der Waals surface area contributed by atoms with Gasteiger partial charge in [0.2, 0.25) is 0 Å². The molecule has 0 amide bonds. The molecule has 0 aliphatic carbocycles. The summed E-state index contributed by atoms with van der Waals surface area (Å²) in [5.74, 6) is 0. The zero-order valence-corrected chi connectivity index (χ0v) is 10.8. The van der Waals surface area contributed by atoms with Crippen LogP contribution in [-0.4, -0.2) is 11.0 Å². The van der Waals surface area contributed by atoms with E-state index in [0.717, 1.165) is 11.9 Å². The summed E-state index contributed by atoms with van der Waals surface area (Å²) in [4.78, 5) is 4.40. The number of rotatable bonds is 3. The Labute approximate surface area is 103 Å². The van der Waals surface area contributed by atoms with Crippen LogP contribution in [0.2, 0.25) is 0 Å². The molecular formula is C15H20N2. The van der Waals surface area contributed by atoms with Gasteiger partial charge < -0.3 is 5.73 Å². The second-order valence-electron chi connectivity index (χ2n) is 5.44. The molecule has 0 bridgehead atoms. The number of aromatic nitrogens is 1. The molecule has 0 aliphatic rings. The molecule has 0 saturated carbocycles. The summed E-state index contributed by atoms with van der Waals surface area (Å²) < 4.78 is 0. The highest BCUT2D eigenvalue weighted by Gasteiger charge is 2.23. The highest BCUT2D eigenvalue weighted by Crippen LogP contribution is 2.32. The van der Waals surface area contributed by atoms with Crippen molar-refractivity contribution in [3.63, 3.8) is 0 Å². The van der Waals surface area contributed by atoms with Gasteiger partial charge in [0, 0.05) is 17.6 Å². The summed E-state index contributed by atoms with van der Waals surface area (Å²) in [6.07, 6.45) is 2.81. The Balaban J connectivity index is 2.55. The maximum atomic E-state index is 5.94. The molecular weight excluding hydrogens is 208 g/mol. The van der Waals surface area contributed by atoms with Crippen LogP contribution >= 0.6 is 0 Å². The van der Waals surface area contributed by atoms with E-state index in [9.17, 15) is 0 Å². The van der Waals surface area contributed by atoms with Crippen molar-refractivity contribution in [1.29, 1.82) is 0 Å². The lowest BCUT2D eigenvalue weighted by Crippen LogP contribution is -2.28. The normalized spacial score (nSPS) is 13.9. The van der Waals surface area contributed by atoms with Gasteiger partial charge in [-0.3, -0.25) is 4.98 Å². The van der Waals surface area contributed by atoms with Crippen molar-refractivity contribution in [3.05, 3.63) is 42.1 Å². The molecule has 1 heterocycles. The minimum absolute atomic E-state index is 0.0801. The Morgan fingerprint density at radius 1 is 1.24 bits per heavy atom. The first kappa shape index (κ1) is 12.1. The standard InChI is InChI=1S/C15H20N2/c1-11(16)10-15(2,3)13-7-4-8-14-12(13)6-5-9-17-14/h4-9,11H,10,16H2,1-3H3. The van der Waals surface area contributed by atoms with Crippen LogP contribution < -0.4 is 5.73 Å². The smallest absolute Gasteiger partial charge is 0.0704 e. The van der Waals surface area contributed by atoms with E-state index in [2.05, 4.69) is 50.0 Å². The van der Waals surface area contributed by atoms with Gasteiger partial charge >= 0.3 is 0 Å². The van der Waals surface area contributed by atoms with Crippen molar-refractivity contribution < 1.29 is 0 Å². The number of pyridine rings is 1. The zero-order chi connectivity index (χ0) is 12.5. The average Bonchev–Trinajstić information content (AvgIpc) is 2.26. The lowest BCUT2D eigenvalue weighted by molar-refractivity contribution is 0.440. The van der Waals surface area contributed by atoms with E-state index in [-0.39, 0.29) is 11.5 Å². The van der Waals surface area contributed by atoms with Gasteiger partial charge in [-0.15, -0.1) is 0 Å². The summed E-state index contributed by atoms with van der Waals surface area (Å²) in [5.41, 5.74) is 8.42. The number of nitrogens with zero attached hydrogens (tertiary/aromatic N) is 1. The lowest BCUT2D eigenvalue weighted by atomic mass is 9.78. The van der Waals surface area contributed by atoms with Crippen molar-refractivity contribution in [3.8, 4) is 0 Å². The molecule has 1 aromatic carbocycles. The molecule has 1 aromatic heterocycles. The first-order valence-corrected chi connectivity index (χ1v) is 6.10. The van der Waals surface area contributed by atoms with E-state index in [1.807, 2.05) is 12.3 Å². The van der Waals surface area contributed by atoms with Crippen LogP contribution in [0.25, 0.3) is 10.9 Å². The fourth-order valence-corrected chi connectivity index (χ4v) is 2.61. The van der Waals surface area contributed by atoms with E-state index in [4.69, 9.17) is 5.73 Å². The number of benzene rings is 1. The van der Waals surface area contributed by atoms with Crippen molar-refractivity contribution in [1.82, 2.24) is 4.98 Å². The maximum Gasteiger partial charge on any atom is 0.0704 e. The van der Waals surface area contributed by atoms with Crippen LogP contribution in [0.1, 0.15) is 32.8 Å². The third-order valence-electron chi connectivity index (χ3n) is 3.21. The largest absolute Gasteiger partial charge is 0.328 e. The third kappa shape index (κ3) is 2.47. The molecule has 2 nitrogen and oxygen atoms in total. The minimum atomic E-state index is 0.0801. The SMILES string of the molecule is CC(N)CC(C)(C)c1cccc2ncccc12. The molecule has 1 unspecified atom stereocenters. The molecule has 17 heavy (non-hydrogen) atoms. The Kier molecular flexibility index (Phi) is 3.16. The van der Waals surface area contributed by atoms with Crippen LogP contribution in [0.15, 0.2) is 36.5 Å². The summed E-state index contributed by atoms with van der Waals surface area (Å²) in [6, 6.07) is 10.7. The van der Waals surface area contributed by atoms with Gasteiger partial charge in [-0.1, -0.05) is 32.0 Å². The van der Waals surface area contributed by atoms with Crippen LogP contribution in [0.4, 0.5) is 0 Å². The Hall–Kier alpha value is -1.41. The molecule has 2 heteroatoms. The van der Waals surface area contributed by atoms with Crippen LogP contribution in [-0.2, 0) is 5.41 Å². The molecule has 0 spiro atoms. The minimum Gasteiger partial charge on any atom is -0.328 e. The molecule has 0 aliphatic heterocycles. The highest BCUT2D eigenvalue weighted by molar-refractivity contribution is 5.83. The fourth-order valence-electron chi connectivity index (χ4n) is 2.61. The van der Waals surface area contributed by atoms with Crippen LogP contribution in [0, 0.1) is 0 Å². The molecule has 0 radical (unpaired) electrons. The van der Waals surface area contributed by atoms with Crippen molar-refractivity contribution in [2.45, 2.75) is 38.6 Å². The molecule has 2 aromatic rings. The topological polar surface area (TPSA) is 38.9 Å². The first-order valence-electron chi connectivity index (χ1n) is 6.10. The molecule has 2 N–H and O–H groups in total. The van der Waals surface area contributed by atoms with E-state index in [1.165, 1.54) is 10.9 Å². The Morgan fingerprint density at radius 2 is 2.00 bits per heavy atom.